The first-order chi connectivity index (χ1) is 13.8. The molecule has 30 heavy (non-hydrogen) atoms. The zero-order chi connectivity index (χ0) is 22.3. The molecule has 1 aliphatic carbocycles. The van der Waals surface area contributed by atoms with E-state index in [1.54, 1.807) is 13.0 Å². The fourth-order valence-corrected chi connectivity index (χ4v) is 4.80. The number of thiophene rings is 1. The van der Waals surface area contributed by atoms with Crippen molar-refractivity contribution in [3.05, 3.63) is 16.8 Å². The molecule has 3 rings (SSSR count). The second-order valence-electron chi connectivity index (χ2n) is 8.74. The van der Waals surface area contributed by atoms with E-state index in [4.69, 9.17) is 4.74 Å². The predicted molar refractivity (Wildman–Crippen MR) is 111 cm³/mol. The quantitative estimate of drug-likeness (QED) is 0.720. The molecule has 0 unspecified atom stereocenters. The monoisotopic (exact) mass is 444 g/mol. The molecular formula is C20H27F3N4O2S. The number of aromatic nitrogens is 2. The molecule has 0 bridgehead atoms. The van der Waals surface area contributed by atoms with Crippen LogP contribution in [0.25, 0.3) is 10.2 Å². The molecule has 1 aliphatic rings. The van der Waals surface area contributed by atoms with Crippen molar-refractivity contribution in [1.29, 1.82) is 0 Å². The van der Waals surface area contributed by atoms with Crippen molar-refractivity contribution >= 4 is 33.5 Å². The van der Waals surface area contributed by atoms with Crippen molar-refractivity contribution in [3.63, 3.8) is 0 Å². The topological polar surface area (TPSA) is 67.4 Å². The first kappa shape index (κ1) is 22.6. The highest BCUT2D eigenvalue weighted by Gasteiger charge is 2.32. The Labute approximate surface area is 177 Å². The number of fused-ring (bicyclic) bond motifs is 1. The fraction of sp³-hybridized carbons (Fsp3) is 0.650. The van der Waals surface area contributed by atoms with Gasteiger partial charge in [-0.05, 0) is 53.0 Å². The van der Waals surface area contributed by atoms with Gasteiger partial charge in [-0.1, -0.05) is 0 Å². The van der Waals surface area contributed by atoms with E-state index in [-0.39, 0.29) is 17.0 Å². The highest BCUT2D eigenvalue weighted by Crippen LogP contribution is 2.36. The summed E-state index contributed by atoms with van der Waals surface area (Å²) in [7, 11) is 1.89. The highest BCUT2D eigenvalue weighted by atomic mass is 32.1. The second-order valence-corrected chi connectivity index (χ2v) is 9.85. The molecule has 166 valence electrons. The molecule has 0 spiro atoms. The number of anilines is 1. The van der Waals surface area contributed by atoms with E-state index in [0.717, 1.165) is 24.2 Å². The number of amides is 1. The van der Waals surface area contributed by atoms with Crippen LogP contribution in [0.15, 0.2) is 6.07 Å². The normalized spacial score (nSPS) is 19.9. The Morgan fingerprint density at radius 3 is 2.63 bits per heavy atom. The standard InChI is InChI=1S/C20H27F3N4O2S/c1-11-24-16(15-9-14(10-20(21,22)23)30-17(15)25-11)27(5)13-7-6-12(8-13)26-18(28)29-19(2,3)4/h9,12-13H,6-8,10H2,1-5H3,(H,26,28)/t12-,13+/m0/s1. The summed E-state index contributed by atoms with van der Waals surface area (Å²) in [4.78, 5) is 23.7. The van der Waals surface area contributed by atoms with Crippen LogP contribution in [0.1, 0.15) is 50.7 Å². The van der Waals surface area contributed by atoms with Crippen molar-refractivity contribution in [3.8, 4) is 0 Å². The van der Waals surface area contributed by atoms with Crippen LogP contribution in [-0.2, 0) is 11.2 Å². The van der Waals surface area contributed by atoms with Gasteiger partial charge in [0.05, 0.1) is 11.8 Å². The van der Waals surface area contributed by atoms with Crippen LogP contribution in [0.5, 0.6) is 0 Å². The molecule has 1 N–H and O–H groups in total. The Morgan fingerprint density at radius 2 is 2.00 bits per heavy atom. The summed E-state index contributed by atoms with van der Waals surface area (Å²) in [6, 6.07) is 1.63. The van der Waals surface area contributed by atoms with Gasteiger partial charge in [0.1, 0.15) is 22.1 Å². The third kappa shape index (κ3) is 5.74. The molecule has 2 atom stereocenters. The van der Waals surface area contributed by atoms with Crippen molar-refractivity contribution < 1.29 is 22.7 Å². The van der Waals surface area contributed by atoms with Gasteiger partial charge in [0.25, 0.3) is 0 Å². The van der Waals surface area contributed by atoms with Gasteiger partial charge in [0, 0.05) is 24.0 Å². The molecule has 6 nitrogen and oxygen atoms in total. The zero-order valence-electron chi connectivity index (χ0n) is 17.8. The van der Waals surface area contributed by atoms with Gasteiger partial charge in [-0.3, -0.25) is 0 Å². The van der Waals surface area contributed by atoms with Crippen molar-refractivity contribution in [2.45, 2.75) is 77.2 Å². The molecule has 10 heteroatoms. The number of nitrogens with one attached hydrogen (secondary N) is 1. The van der Waals surface area contributed by atoms with Crippen LogP contribution < -0.4 is 10.2 Å². The van der Waals surface area contributed by atoms with Crippen molar-refractivity contribution in [2.75, 3.05) is 11.9 Å². The van der Waals surface area contributed by atoms with Crippen LogP contribution in [-0.4, -0.2) is 47.0 Å². The van der Waals surface area contributed by atoms with Gasteiger partial charge in [-0.25, -0.2) is 14.8 Å². The van der Waals surface area contributed by atoms with Gasteiger partial charge in [0.15, 0.2) is 0 Å². The van der Waals surface area contributed by atoms with Crippen LogP contribution in [0.2, 0.25) is 0 Å². The maximum absolute atomic E-state index is 12.8. The number of alkyl carbamates (subject to hydrolysis) is 1. The van der Waals surface area contributed by atoms with Crippen LogP contribution in [0.3, 0.4) is 0 Å². The average Bonchev–Trinajstić information content (AvgIpc) is 3.16. The number of carbonyl (C=O) groups is 1. The van der Waals surface area contributed by atoms with Gasteiger partial charge < -0.3 is 15.0 Å². The molecule has 0 saturated heterocycles. The van der Waals surface area contributed by atoms with E-state index in [1.807, 2.05) is 32.7 Å². The number of nitrogens with zero attached hydrogens (tertiary/aromatic N) is 3. The summed E-state index contributed by atoms with van der Waals surface area (Å²) >= 11 is 1.06. The van der Waals surface area contributed by atoms with E-state index >= 15 is 0 Å². The lowest BCUT2D eigenvalue weighted by atomic mass is 10.2. The Morgan fingerprint density at radius 1 is 1.30 bits per heavy atom. The third-order valence-electron chi connectivity index (χ3n) is 4.92. The third-order valence-corrected chi connectivity index (χ3v) is 5.95. The van der Waals surface area contributed by atoms with Crippen molar-refractivity contribution in [1.82, 2.24) is 15.3 Å². The first-order valence-electron chi connectivity index (χ1n) is 9.87. The maximum Gasteiger partial charge on any atom is 0.407 e. The molecule has 1 amide bonds. The van der Waals surface area contributed by atoms with E-state index in [0.29, 0.717) is 28.3 Å². The Hall–Kier alpha value is -2.10. The van der Waals surface area contributed by atoms with Gasteiger partial charge in [-0.15, -0.1) is 11.3 Å². The molecule has 2 aromatic rings. The number of halogens is 3. The molecule has 0 aromatic carbocycles. The number of carbonyl (C=O) groups excluding carboxylic acids is 1. The summed E-state index contributed by atoms with van der Waals surface area (Å²) < 4.78 is 43.8. The van der Waals surface area contributed by atoms with Crippen molar-refractivity contribution in [2.24, 2.45) is 0 Å². The minimum atomic E-state index is -4.26. The smallest absolute Gasteiger partial charge is 0.407 e. The van der Waals surface area contributed by atoms with E-state index in [1.165, 1.54) is 0 Å². The number of ether oxygens (including phenoxy) is 1. The number of alkyl halides is 3. The lowest BCUT2D eigenvalue weighted by molar-refractivity contribution is -0.126. The SMILES string of the molecule is Cc1nc(N(C)[C@@H]2CC[C@H](NC(=O)OC(C)(C)C)C2)c2cc(CC(F)(F)F)sc2n1. The van der Waals surface area contributed by atoms with Crippen LogP contribution >= 0.6 is 11.3 Å². The van der Waals surface area contributed by atoms with E-state index in [2.05, 4.69) is 15.3 Å². The molecule has 1 fully saturated rings. The minimum Gasteiger partial charge on any atom is -0.444 e. The Bertz CT molecular complexity index is 923. The fourth-order valence-electron chi connectivity index (χ4n) is 3.70. The van der Waals surface area contributed by atoms with Gasteiger partial charge >= 0.3 is 12.3 Å². The lowest BCUT2D eigenvalue weighted by Crippen LogP contribution is -2.39. The zero-order valence-corrected chi connectivity index (χ0v) is 18.6. The summed E-state index contributed by atoms with van der Waals surface area (Å²) in [5.74, 6) is 1.15. The number of aryl methyl sites for hydroxylation is 1. The van der Waals surface area contributed by atoms with E-state index < -0.39 is 24.3 Å². The summed E-state index contributed by atoms with van der Waals surface area (Å²) in [5, 5.41) is 3.54. The minimum absolute atomic E-state index is 0.0195. The Kier molecular flexibility index (Phi) is 6.18. The average molecular weight is 445 g/mol. The first-order valence-corrected chi connectivity index (χ1v) is 10.7. The molecule has 0 radical (unpaired) electrons. The molecule has 0 aliphatic heterocycles. The van der Waals surface area contributed by atoms with Gasteiger partial charge in [0.2, 0.25) is 0 Å². The molecule has 2 aromatic heterocycles. The lowest BCUT2D eigenvalue weighted by Gasteiger charge is -2.27. The molecular weight excluding hydrogens is 417 g/mol. The van der Waals surface area contributed by atoms with Crippen LogP contribution in [0, 0.1) is 6.92 Å². The molecule has 1 saturated carbocycles. The van der Waals surface area contributed by atoms with Crippen LogP contribution in [0.4, 0.5) is 23.8 Å². The van der Waals surface area contributed by atoms with Gasteiger partial charge in [-0.2, -0.15) is 13.2 Å². The summed E-state index contributed by atoms with van der Waals surface area (Å²) in [6.07, 6.45) is -3.33. The van der Waals surface area contributed by atoms with E-state index in [9.17, 15) is 18.0 Å². The second kappa shape index (κ2) is 8.20. The summed E-state index contributed by atoms with van der Waals surface area (Å²) in [6.45, 7) is 7.18. The predicted octanol–water partition coefficient (Wildman–Crippen LogP) is 4.99. The number of rotatable bonds is 4. The highest BCUT2D eigenvalue weighted by molar-refractivity contribution is 7.18. The molecule has 2 heterocycles. The number of hydrogen-bond acceptors (Lipinski definition) is 6. The Balaban J connectivity index is 1.75. The summed E-state index contributed by atoms with van der Waals surface area (Å²) in [5.41, 5.74) is -0.559. The largest absolute Gasteiger partial charge is 0.444 e. The number of hydrogen-bond donors (Lipinski definition) is 1. The maximum atomic E-state index is 12.8.